The molecule has 6 heteroatoms. The summed E-state index contributed by atoms with van der Waals surface area (Å²) in [6.07, 6.45) is 4.92. The fourth-order valence-corrected chi connectivity index (χ4v) is 2.23. The summed E-state index contributed by atoms with van der Waals surface area (Å²) in [7, 11) is 0. The van der Waals surface area contributed by atoms with Crippen molar-refractivity contribution in [2.45, 2.75) is 6.54 Å². The van der Waals surface area contributed by atoms with Crippen molar-refractivity contribution in [3.8, 4) is 11.3 Å². The lowest BCUT2D eigenvalue weighted by atomic mass is 10.2. The zero-order valence-electron chi connectivity index (χ0n) is 13.4. The molecule has 0 atom stereocenters. The van der Waals surface area contributed by atoms with Crippen molar-refractivity contribution in [3.63, 3.8) is 0 Å². The van der Waals surface area contributed by atoms with Gasteiger partial charge in [-0.3, -0.25) is 14.6 Å². The third-order valence-electron chi connectivity index (χ3n) is 3.58. The number of pyridine rings is 1. The first-order chi connectivity index (χ1) is 12.2. The summed E-state index contributed by atoms with van der Waals surface area (Å²) in [4.78, 5) is 28.0. The zero-order chi connectivity index (χ0) is 17.5. The normalized spacial score (nSPS) is 10.2. The van der Waals surface area contributed by atoms with E-state index in [1.165, 1.54) is 0 Å². The molecule has 126 valence electrons. The molecule has 0 aliphatic carbocycles. The molecule has 6 nitrogen and oxygen atoms in total. The SMILES string of the molecule is O=C(CNC(=O)c1ccccc1)NCc1ccc(-c2ccoc2)nc1. The van der Waals surface area contributed by atoms with Gasteiger partial charge in [-0.05, 0) is 29.8 Å². The fraction of sp³-hybridized carbons (Fsp3) is 0.105. The first-order valence-electron chi connectivity index (χ1n) is 7.80. The first-order valence-corrected chi connectivity index (χ1v) is 7.80. The molecular weight excluding hydrogens is 318 g/mol. The van der Waals surface area contributed by atoms with Gasteiger partial charge in [0.25, 0.3) is 5.91 Å². The molecule has 2 N–H and O–H groups in total. The highest BCUT2D eigenvalue weighted by atomic mass is 16.3. The Balaban J connectivity index is 1.45. The summed E-state index contributed by atoms with van der Waals surface area (Å²) in [5.74, 6) is -0.537. The molecule has 0 radical (unpaired) electrons. The Morgan fingerprint density at radius 1 is 1.00 bits per heavy atom. The monoisotopic (exact) mass is 335 g/mol. The number of carbonyl (C=O) groups excluding carboxylic acids is 2. The topological polar surface area (TPSA) is 84.2 Å². The predicted octanol–water partition coefficient (Wildman–Crippen LogP) is 2.39. The maximum atomic E-state index is 11.9. The summed E-state index contributed by atoms with van der Waals surface area (Å²) < 4.78 is 5.02. The van der Waals surface area contributed by atoms with Crippen LogP contribution in [-0.4, -0.2) is 23.3 Å². The van der Waals surface area contributed by atoms with Gasteiger partial charge in [0.15, 0.2) is 0 Å². The van der Waals surface area contributed by atoms with Crippen LogP contribution in [0.1, 0.15) is 15.9 Å². The van der Waals surface area contributed by atoms with Crippen LogP contribution < -0.4 is 10.6 Å². The van der Waals surface area contributed by atoms with Crippen molar-refractivity contribution >= 4 is 11.8 Å². The number of carbonyl (C=O) groups is 2. The Labute approximate surface area is 144 Å². The molecule has 2 heterocycles. The second kappa shape index (κ2) is 7.92. The van der Waals surface area contributed by atoms with Crippen molar-refractivity contribution in [1.82, 2.24) is 15.6 Å². The third kappa shape index (κ3) is 4.54. The molecule has 0 aliphatic heterocycles. The molecule has 2 aromatic heterocycles. The minimum atomic E-state index is -0.276. The van der Waals surface area contributed by atoms with Crippen LogP contribution in [0.4, 0.5) is 0 Å². The predicted molar refractivity (Wildman–Crippen MR) is 92.6 cm³/mol. The highest BCUT2D eigenvalue weighted by Gasteiger charge is 2.07. The Kier molecular flexibility index (Phi) is 5.21. The molecule has 0 fully saturated rings. The van der Waals surface area contributed by atoms with Crippen LogP contribution in [0.3, 0.4) is 0 Å². The summed E-state index contributed by atoms with van der Waals surface area (Å²) in [6, 6.07) is 14.3. The largest absolute Gasteiger partial charge is 0.472 e. The smallest absolute Gasteiger partial charge is 0.251 e. The Bertz CT molecular complexity index is 828. The van der Waals surface area contributed by atoms with Crippen molar-refractivity contribution in [2.24, 2.45) is 0 Å². The van der Waals surface area contributed by atoms with Crippen LogP contribution in [0.25, 0.3) is 11.3 Å². The van der Waals surface area contributed by atoms with E-state index in [1.54, 1.807) is 43.0 Å². The molecule has 3 aromatic rings. The second-order valence-corrected chi connectivity index (χ2v) is 5.39. The summed E-state index contributed by atoms with van der Waals surface area (Å²) in [6.45, 7) is 0.271. The third-order valence-corrected chi connectivity index (χ3v) is 3.58. The van der Waals surface area contributed by atoms with Crippen molar-refractivity contribution in [3.05, 3.63) is 78.4 Å². The number of furan rings is 1. The Morgan fingerprint density at radius 3 is 2.52 bits per heavy atom. The van der Waals surface area contributed by atoms with E-state index < -0.39 is 0 Å². The van der Waals surface area contributed by atoms with Gasteiger partial charge in [-0.15, -0.1) is 0 Å². The number of benzene rings is 1. The van der Waals surface area contributed by atoms with Crippen LogP contribution in [0.15, 0.2) is 71.7 Å². The molecule has 25 heavy (non-hydrogen) atoms. The molecule has 1 aromatic carbocycles. The first kappa shape index (κ1) is 16.4. The van der Waals surface area contributed by atoms with Crippen LogP contribution in [0.5, 0.6) is 0 Å². The van der Waals surface area contributed by atoms with Crippen LogP contribution in [0.2, 0.25) is 0 Å². The van der Waals surface area contributed by atoms with Gasteiger partial charge in [0.2, 0.25) is 5.91 Å². The average Bonchev–Trinajstić information content (AvgIpc) is 3.20. The quantitative estimate of drug-likeness (QED) is 0.724. The highest BCUT2D eigenvalue weighted by molar-refractivity contribution is 5.96. The molecule has 0 saturated heterocycles. The van der Waals surface area contributed by atoms with E-state index in [4.69, 9.17) is 4.42 Å². The summed E-state index contributed by atoms with van der Waals surface area (Å²) in [5.41, 5.74) is 3.10. The molecule has 2 amide bonds. The lowest BCUT2D eigenvalue weighted by molar-refractivity contribution is -0.120. The molecule has 0 bridgehead atoms. The van der Waals surface area contributed by atoms with Gasteiger partial charge in [0.1, 0.15) is 0 Å². The molecule has 0 saturated carbocycles. The van der Waals surface area contributed by atoms with Gasteiger partial charge in [-0.1, -0.05) is 24.3 Å². The van der Waals surface area contributed by atoms with Crippen molar-refractivity contribution in [1.29, 1.82) is 0 Å². The Morgan fingerprint density at radius 2 is 1.84 bits per heavy atom. The lowest BCUT2D eigenvalue weighted by Gasteiger charge is -2.07. The number of hydrogen-bond acceptors (Lipinski definition) is 4. The van der Waals surface area contributed by atoms with E-state index in [0.717, 1.165) is 16.8 Å². The fourth-order valence-electron chi connectivity index (χ4n) is 2.23. The average molecular weight is 335 g/mol. The van der Waals surface area contributed by atoms with Gasteiger partial charge in [0, 0.05) is 23.9 Å². The Hall–Kier alpha value is -3.41. The number of hydrogen-bond donors (Lipinski definition) is 2. The summed E-state index contributed by atoms with van der Waals surface area (Å²) in [5, 5.41) is 5.33. The van der Waals surface area contributed by atoms with Crippen molar-refractivity contribution < 1.29 is 14.0 Å². The second-order valence-electron chi connectivity index (χ2n) is 5.39. The van der Waals surface area contributed by atoms with E-state index in [1.807, 2.05) is 24.3 Å². The number of rotatable bonds is 6. The minimum Gasteiger partial charge on any atom is -0.472 e. The van der Waals surface area contributed by atoms with Gasteiger partial charge in [0.05, 0.1) is 24.8 Å². The number of nitrogens with zero attached hydrogens (tertiary/aromatic N) is 1. The summed E-state index contributed by atoms with van der Waals surface area (Å²) >= 11 is 0. The van der Waals surface area contributed by atoms with Gasteiger partial charge < -0.3 is 15.1 Å². The van der Waals surface area contributed by atoms with E-state index in [2.05, 4.69) is 15.6 Å². The lowest BCUT2D eigenvalue weighted by Crippen LogP contribution is -2.36. The van der Waals surface area contributed by atoms with Crippen LogP contribution in [0, 0.1) is 0 Å². The number of aromatic nitrogens is 1. The molecular formula is C19H17N3O3. The van der Waals surface area contributed by atoms with E-state index in [9.17, 15) is 9.59 Å². The van der Waals surface area contributed by atoms with Gasteiger partial charge in [-0.2, -0.15) is 0 Å². The molecule has 3 rings (SSSR count). The maximum Gasteiger partial charge on any atom is 0.251 e. The molecule has 0 unspecified atom stereocenters. The van der Waals surface area contributed by atoms with Gasteiger partial charge in [-0.25, -0.2) is 0 Å². The van der Waals surface area contributed by atoms with Gasteiger partial charge >= 0.3 is 0 Å². The standard InChI is InChI=1S/C19H17N3O3/c23-18(12-22-19(24)15-4-2-1-3-5-15)21-11-14-6-7-17(20-10-14)16-8-9-25-13-16/h1-10,13H,11-12H2,(H,21,23)(H,22,24). The van der Waals surface area contributed by atoms with Crippen LogP contribution in [-0.2, 0) is 11.3 Å². The zero-order valence-corrected chi connectivity index (χ0v) is 13.4. The molecule has 0 aliphatic rings. The van der Waals surface area contributed by atoms with E-state index >= 15 is 0 Å². The van der Waals surface area contributed by atoms with E-state index in [0.29, 0.717) is 12.1 Å². The minimum absolute atomic E-state index is 0.0751. The molecule has 0 spiro atoms. The highest BCUT2D eigenvalue weighted by Crippen LogP contribution is 2.16. The van der Waals surface area contributed by atoms with Crippen molar-refractivity contribution in [2.75, 3.05) is 6.54 Å². The van der Waals surface area contributed by atoms with E-state index in [-0.39, 0.29) is 18.4 Å². The maximum absolute atomic E-state index is 11.9. The number of amides is 2. The van der Waals surface area contributed by atoms with Crippen LogP contribution >= 0.6 is 0 Å². The number of nitrogens with one attached hydrogen (secondary N) is 2.